The molecule has 3 rings (SSSR count). The summed E-state index contributed by atoms with van der Waals surface area (Å²) in [6, 6.07) is 6.56. The molecule has 0 aliphatic carbocycles. The van der Waals surface area contributed by atoms with Crippen molar-refractivity contribution in [2.45, 2.75) is 30.6 Å². The summed E-state index contributed by atoms with van der Waals surface area (Å²) in [6.07, 6.45) is 1.64. The predicted molar refractivity (Wildman–Crippen MR) is 90.6 cm³/mol. The summed E-state index contributed by atoms with van der Waals surface area (Å²) in [7, 11) is -1.86. The van der Waals surface area contributed by atoms with Gasteiger partial charge in [-0.2, -0.15) is 4.31 Å². The molecule has 0 atom stereocenters. The molecule has 23 heavy (non-hydrogen) atoms. The fraction of sp³-hybridized carbons (Fsp3) is 0.438. The quantitative estimate of drug-likeness (QED) is 0.849. The molecule has 124 valence electrons. The van der Waals surface area contributed by atoms with E-state index < -0.39 is 10.0 Å². The van der Waals surface area contributed by atoms with E-state index in [0.717, 1.165) is 23.5 Å². The highest BCUT2D eigenvalue weighted by molar-refractivity contribution is 7.89. The Balaban J connectivity index is 1.70. The lowest BCUT2D eigenvalue weighted by Gasteiger charge is -2.30. The van der Waals surface area contributed by atoms with Crippen LogP contribution in [0.15, 0.2) is 34.5 Å². The van der Waals surface area contributed by atoms with Crippen LogP contribution in [-0.4, -0.2) is 37.9 Å². The zero-order valence-electron chi connectivity index (χ0n) is 13.2. The SMILES string of the molecule is COc1ccc(S(=O)(=O)N2CCC(c3nc(C)cs3)CC2)cc1. The third-order valence-electron chi connectivity index (χ3n) is 4.14. The number of sulfonamides is 1. The van der Waals surface area contributed by atoms with E-state index in [1.165, 1.54) is 0 Å². The molecule has 2 heterocycles. The molecule has 2 aromatic rings. The van der Waals surface area contributed by atoms with Crippen LogP contribution in [-0.2, 0) is 10.0 Å². The van der Waals surface area contributed by atoms with Crippen molar-refractivity contribution in [1.29, 1.82) is 0 Å². The van der Waals surface area contributed by atoms with Gasteiger partial charge in [0.1, 0.15) is 5.75 Å². The van der Waals surface area contributed by atoms with Gasteiger partial charge in [-0.3, -0.25) is 0 Å². The van der Waals surface area contributed by atoms with Crippen molar-refractivity contribution in [3.8, 4) is 5.75 Å². The van der Waals surface area contributed by atoms with Crippen molar-refractivity contribution < 1.29 is 13.2 Å². The molecular formula is C16H20N2O3S2. The van der Waals surface area contributed by atoms with E-state index in [9.17, 15) is 8.42 Å². The van der Waals surface area contributed by atoms with Crippen LogP contribution in [0, 0.1) is 6.92 Å². The number of aryl methyl sites for hydroxylation is 1. The first-order valence-electron chi connectivity index (χ1n) is 7.57. The summed E-state index contributed by atoms with van der Waals surface area (Å²) in [5.74, 6) is 1.03. The molecule has 1 aromatic carbocycles. The molecule has 0 radical (unpaired) electrons. The third kappa shape index (κ3) is 3.41. The van der Waals surface area contributed by atoms with Crippen LogP contribution in [0.4, 0.5) is 0 Å². The normalized spacial score (nSPS) is 17.3. The minimum Gasteiger partial charge on any atom is -0.497 e. The minimum absolute atomic E-state index is 0.321. The van der Waals surface area contributed by atoms with Crippen molar-refractivity contribution in [2.24, 2.45) is 0 Å². The maximum absolute atomic E-state index is 12.7. The number of rotatable bonds is 4. The molecule has 1 aromatic heterocycles. The molecule has 0 amide bonds. The number of aromatic nitrogens is 1. The Morgan fingerprint density at radius 3 is 2.39 bits per heavy atom. The van der Waals surface area contributed by atoms with Gasteiger partial charge in [0, 0.05) is 30.1 Å². The van der Waals surface area contributed by atoms with Crippen LogP contribution in [0.1, 0.15) is 29.5 Å². The van der Waals surface area contributed by atoms with Gasteiger partial charge in [0.05, 0.1) is 17.0 Å². The smallest absolute Gasteiger partial charge is 0.243 e. The Morgan fingerprint density at radius 2 is 1.87 bits per heavy atom. The number of hydrogen-bond donors (Lipinski definition) is 0. The van der Waals surface area contributed by atoms with Crippen molar-refractivity contribution in [3.05, 3.63) is 40.3 Å². The maximum Gasteiger partial charge on any atom is 0.243 e. The van der Waals surface area contributed by atoms with Crippen molar-refractivity contribution >= 4 is 21.4 Å². The molecular weight excluding hydrogens is 332 g/mol. The van der Waals surface area contributed by atoms with Crippen molar-refractivity contribution in [1.82, 2.24) is 9.29 Å². The Labute approximate surface area is 141 Å². The summed E-state index contributed by atoms with van der Waals surface area (Å²) >= 11 is 1.67. The van der Waals surface area contributed by atoms with Crippen LogP contribution in [0.2, 0.25) is 0 Å². The monoisotopic (exact) mass is 352 g/mol. The summed E-state index contributed by atoms with van der Waals surface area (Å²) in [5.41, 5.74) is 1.04. The van der Waals surface area contributed by atoms with E-state index in [2.05, 4.69) is 10.4 Å². The second-order valence-corrected chi connectivity index (χ2v) is 8.51. The first-order valence-corrected chi connectivity index (χ1v) is 9.89. The zero-order chi connectivity index (χ0) is 16.4. The number of methoxy groups -OCH3 is 1. The van der Waals surface area contributed by atoms with Crippen LogP contribution in [0.5, 0.6) is 5.75 Å². The summed E-state index contributed by atoms with van der Waals surface area (Å²) in [5, 5.41) is 3.18. The van der Waals surface area contributed by atoms with Crippen LogP contribution >= 0.6 is 11.3 Å². The van der Waals surface area contributed by atoms with Gasteiger partial charge >= 0.3 is 0 Å². The average Bonchev–Trinajstić information content (AvgIpc) is 3.01. The highest BCUT2D eigenvalue weighted by Crippen LogP contribution is 2.32. The summed E-state index contributed by atoms with van der Waals surface area (Å²) < 4.78 is 32.1. The topological polar surface area (TPSA) is 59.5 Å². The summed E-state index contributed by atoms with van der Waals surface area (Å²) in [6.45, 7) is 3.07. The molecule has 0 unspecified atom stereocenters. The first kappa shape index (κ1) is 16.4. The lowest BCUT2D eigenvalue weighted by Crippen LogP contribution is -2.37. The Kier molecular flexibility index (Phi) is 4.70. The lowest BCUT2D eigenvalue weighted by atomic mass is 9.99. The molecule has 0 N–H and O–H groups in total. The van der Waals surface area contributed by atoms with Gasteiger partial charge in [0.25, 0.3) is 0 Å². The van der Waals surface area contributed by atoms with Crippen LogP contribution in [0.3, 0.4) is 0 Å². The lowest BCUT2D eigenvalue weighted by molar-refractivity contribution is 0.319. The number of piperidine rings is 1. The zero-order valence-corrected chi connectivity index (χ0v) is 14.9. The Morgan fingerprint density at radius 1 is 1.22 bits per heavy atom. The van der Waals surface area contributed by atoms with E-state index in [1.807, 2.05) is 6.92 Å². The predicted octanol–water partition coefficient (Wildman–Crippen LogP) is 3.03. The van der Waals surface area contributed by atoms with Gasteiger partial charge in [-0.1, -0.05) is 0 Å². The Bertz CT molecular complexity index is 761. The molecule has 0 saturated carbocycles. The van der Waals surface area contributed by atoms with Gasteiger partial charge in [0.2, 0.25) is 10.0 Å². The van der Waals surface area contributed by atoms with Crippen molar-refractivity contribution in [2.75, 3.05) is 20.2 Å². The highest BCUT2D eigenvalue weighted by Gasteiger charge is 2.30. The molecule has 0 bridgehead atoms. The van der Waals surface area contributed by atoms with Gasteiger partial charge in [-0.25, -0.2) is 13.4 Å². The maximum atomic E-state index is 12.7. The molecule has 5 nitrogen and oxygen atoms in total. The first-order chi connectivity index (χ1) is 11.0. The van der Waals surface area contributed by atoms with Gasteiger partial charge in [-0.05, 0) is 44.0 Å². The fourth-order valence-corrected chi connectivity index (χ4v) is 5.24. The van der Waals surface area contributed by atoms with Gasteiger partial charge < -0.3 is 4.74 Å². The third-order valence-corrected chi connectivity index (χ3v) is 7.18. The van der Waals surface area contributed by atoms with E-state index in [1.54, 1.807) is 47.0 Å². The van der Waals surface area contributed by atoms with E-state index in [4.69, 9.17) is 4.74 Å². The molecule has 7 heteroatoms. The van der Waals surface area contributed by atoms with Gasteiger partial charge in [0.15, 0.2) is 0 Å². The number of hydrogen-bond acceptors (Lipinski definition) is 5. The number of ether oxygens (including phenoxy) is 1. The average molecular weight is 352 g/mol. The second-order valence-electron chi connectivity index (χ2n) is 5.68. The van der Waals surface area contributed by atoms with Gasteiger partial charge in [-0.15, -0.1) is 11.3 Å². The number of nitrogens with zero attached hydrogens (tertiary/aromatic N) is 2. The minimum atomic E-state index is -3.43. The van der Waals surface area contributed by atoms with Crippen LogP contribution in [0.25, 0.3) is 0 Å². The number of thiazole rings is 1. The second kappa shape index (κ2) is 6.59. The van der Waals surface area contributed by atoms with E-state index in [0.29, 0.717) is 29.7 Å². The molecule has 1 aliphatic heterocycles. The standard InChI is InChI=1S/C16H20N2O3S2/c1-12-11-22-16(17-12)13-7-9-18(10-8-13)23(19,20)15-5-3-14(21-2)4-6-15/h3-6,11,13H,7-10H2,1-2H3. The van der Waals surface area contributed by atoms with E-state index in [-0.39, 0.29) is 0 Å². The fourth-order valence-electron chi connectivity index (χ4n) is 2.80. The van der Waals surface area contributed by atoms with E-state index >= 15 is 0 Å². The molecule has 1 saturated heterocycles. The molecule has 0 spiro atoms. The summed E-state index contributed by atoms with van der Waals surface area (Å²) in [4.78, 5) is 4.86. The molecule has 1 fully saturated rings. The Hall–Kier alpha value is -1.44. The van der Waals surface area contributed by atoms with Crippen LogP contribution < -0.4 is 4.74 Å². The largest absolute Gasteiger partial charge is 0.497 e. The molecule has 1 aliphatic rings. The highest BCUT2D eigenvalue weighted by atomic mass is 32.2. The number of benzene rings is 1. The van der Waals surface area contributed by atoms with Crippen molar-refractivity contribution in [3.63, 3.8) is 0 Å².